The Labute approximate surface area is 203 Å². The summed E-state index contributed by atoms with van der Waals surface area (Å²) in [4.78, 5) is 12.2. The molecule has 1 aliphatic rings. The van der Waals surface area contributed by atoms with Gasteiger partial charge in [-0.1, -0.05) is 30.3 Å². The molecule has 0 radical (unpaired) electrons. The molecule has 0 atom stereocenters. The summed E-state index contributed by atoms with van der Waals surface area (Å²) < 4.78 is 27.7. The summed E-state index contributed by atoms with van der Waals surface area (Å²) in [5, 5.41) is 4.56. The first-order valence-corrected chi connectivity index (χ1v) is 13.8. The van der Waals surface area contributed by atoms with E-state index in [9.17, 15) is 8.42 Å². The standard InChI is InChI=1S/C26H35N5O2S/c1-3-31(4-2)25-23-12-8-9-13-24(23)29-26(30-25)27-18-20-14-16-21(17-15-20)19-28-34(32,33)22-10-6-5-7-11-22/h5-13,20-21,28H,3-4,14-19H2,1-2H3,(H,27,29,30). The maximum absolute atomic E-state index is 12.5. The number of anilines is 2. The van der Waals surface area contributed by atoms with Gasteiger partial charge in [-0.25, -0.2) is 18.1 Å². The molecule has 0 unspecified atom stereocenters. The summed E-state index contributed by atoms with van der Waals surface area (Å²) in [7, 11) is -3.44. The van der Waals surface area contributed by atoms with Crippen LogP contribution >= 0.6 is 0 Å². The number of sulfonamides is 1. The third kappa shape index (κ3) is 5.85. The van der Waals surface area contributed by atoms with Crippen molar-refractivity contribution < 1.29 is 8.42 Å². The Balaban J connectivity index is 1.31. The number of nitrogens with zero attached hydrogens (tertiary/aromatic N) is 3. The SMILES string of the molecule is CCN(CC)c1nc(NCC2CCC(CNS(=O)(=O)c3ccccc3)CC2)nc2ccccc12. The van der Waals surface area contributed by atoms with Gasteiger partial charge in [-0.2, -0.15) is 4.98 Å². The number of nitrogens with one attached hydrogen (secondary N) is 2. The third-order valence-corrected chi connectivity index (χ3v) is 8.22. The van der Waals surface area contributed by atoms with E-state index in [0.29, 0.717) is 29.2 Å². The Morgan fingerprint density at radius 2 is 1.47 bits per heavy atom. The number of hydrogen-bond donors (Lipinski definition) is 2. The fourth-order valence-electron chi connectivity index (χ4n) is 4.69. The molecule has 7 nitrogen and oxygen atoms in total. The molecule has 2 N–H and O–H groups in total. The van der Waals surface area contributed by atoms with Gasteiger partial charge in [-0.05, 0) is 75.6 Å². The summed E-state index contributed by atoms with van der Waals surface area (Å²) in [5.41, 5.74) is 0.955. The largest absolute Gasteiger partial charge is 0.356 e. The number of fused-ring (bicyclic) bond motifs is 1. The summed E-state index contributed by atoms with van der Waals surface area (Å²) in [5.74, 6) is 2.57. The van der Waals surface area contributed by atoms with Crippen molar-refractivity contribution in [3.63, 3.8) is 0 Å². The summed E-state index contributed by atoms with van der Waals surface area (Å²) in [6.07, 6.45) is 4.18. The zero-order valence-electron chi connectivity index (χ0n) is 20.1. The number of para-hydroxylation sites is 1. The van der Waals surface area contributed by atoms with Crippen LogP contribution in [0.4, 0.5) is 11.8 Å². The smallest absolute Gasteiger partial charge is 0.240 e. The molecule has 0 aliphatic heterocycles. The first-order valence-electron chi connectivity index (χ1n) is 12.3. The van der Waals surface area contributed by atoms with Crippen molar-refractivity contribution in [3.05, 3.63) is 54.6 Å². The van der Waals surface area contributed by atoms with E-state index in [1.807, 2.05) is 24.3 Å². The Kier molecular flexibility index (Phi) is 8.00. The molecule has 1 fully saturated rings. The Morgan fingerprint density at radius 1 is 0.853 bits per heavy atom. The van der Waals surface area contributed by atoms with Crippen LogP contribution < -0.4 is 14.9 Å². The topological polar surface area (TPSA) is 87.2 Å². The average molecular weight is 482 g/mol. The van der Waals surface area contributed by atoms with Crippen molar-refractivity contribution in [1.82, 2.24) is 14.7 Å². The lowest BCUT2D eigenvalue weighted by Crippen LogP contribution is -2.32. The zero-order valence-corrected chi connectivity index (χ0v) is 20.9. The number of hydrogen-bond acceptors (Lipinski definition) is 6. The molecule has 0 saturated heterocycles. The van der Waals surface area contributed by atoms with Gasteiger partial charge in [0.25, 0.3) is 0 Å². The highest BCUT2D eigenvalue weighted by molar-refractivity contribution is 7.89. The minimum atomic E-state index is -3.44. The molecule has 1 saturated carbocycles. The van der Waals surface area contributed by atoms with Crippen molar-refractivity contribution in [1.29, 1.82) is 0 Å². The molecule has 2 aromatic carbocycles. The van der Waals surface area contributed by atoms with Gasteiger partial charge >= 0.3 is 0 Å². The van der Waals surface area contributed by atoms with E-state index in [2.05, 4.69) is 34.9 Å². The summed E-state index contributed by atoms with van der Waals surface area (Å²) >= 11 is 0. The van der Waals surface area contributed by atoms with Crippen LogP contribution in [0.15, 0.2) is 59.5 Å². The minimum absolute atomic E-state index is 0.326. The first kappa shape index (κ1) is 24.4. The second-order valence-corrected chi connectivity index (χ2v) is 10.8. The van der Waals surface area contributed by atoms with Crippen LogP contribution in [-0.2, 0) is 10.0 Å². The monoisotopic (exact) mass is 481 g/mol. The van der Waals surface area contributed by atoms with Crippen molar-refractivity contribution in [3.8, 4) is 0 Å². The van der Waals surface area contributed by atoms with E-state index >= 15 is 0 Å². The lowest BCUT2D eigenvalue weighted by atomic mass is 9.82. The Bertz CT molecular complexity index is 1170. The molecule has 34 heavy (non-hydrogen) atoms. The molecule has 0 spiro atoms. The van der Waals surface area contributed by atoms with Crippen molar-refractivity contribution in [2.75, 3.05) is 36.4 Å². The highest BCUT2D eigenvalue weighted by Gasteiger charge is 2.23. The van der Waals surface area contributed by atoms with Crippen molar-refractivity contribution in [2.24, 2.45) is 11.8 Å². The van der Waals surface area contributed by atoms with Crippen molar-refractivity contribution in [2.45, 2.75) is 44.4 Å². The molecule has 1 aliphatic carbocycles. The third-order valence-electron chi connectivity index (χ3n) is 6.78. The van der Waals surface area contributed by atoms with Crippen LogP contribution in [0.5, 0.6) is 0 Å². The molecule has 1 heterocycles. The molecule has 4 rings (SSSR count). The maximum atomic E-state index is 12.5. The van der Waals surface area contributed by atoms with E-state index in [1.54, 1.807) is 24.3 Å². The quantitative estimate of drug-likeness (QED) is 0.437. The van der Waals surface area contributed by atoms with E-state index in [4.69, 9.17) is 9.97 Å². The molecule has 8 heteroatoms. The molecule has 1 aromatic heterocycles. The number of rotatable bonds is 10. The Hall–Kier alpha value is -2.71. The minimum Gasteiger partial charge on any atom is -0.356 e. The predicted molar refractivity (Wildman–Crippen MR) is 139 cm³/mol. The van der Waals surface area contributed by atoms with Gasteiger partial charge < -0.3 is 10.2 Å². The average Bonchev–Trinajstić information content (AvgIpc) is 2.88. The van der Waals surface area contributed by atoms with Crippen LogP contribution in [0.3, 0.4) is 0 Å². The second-order valence-electron chi connectivity index (χ2n) is 8.99. The summed E-state index contributed by atoms with van der Waals surface area (Å²) in [6.45, 7) is 7.42. The van der Waals surface area contributed by atoms with Gasteiger partial charge in [0.05, 0.1) is 10.4 Å². The highest BCUT2D eigenvalue weighted by atomic mass is 32.2. The van der Waals surface area contributed by atoms with E-state index in [0.717, 1.165) is 62.0 Å². The number of benzene rings is 2. The van der Waals surface area contributed by atoms with Gasteiger partial charge in [-0.15, -0.1) is 0 Å². The van der Waals surface area contributed by atoms with Crippen LogP contribution in [0.25, 0.3) is 10.9 Å². The second kappa shape index (κ2) is 11.1. The highest BCUT2D eigenvalue weighted by Crippen LogP contribution is 2.30. The van der Waals surface area contributed by atoms with Crippen LogP contribution in [0.1, 0.15) is 39.5 Å². The fraction of sp³-hybridized carbons (Fsp3) is 0.462. The summed E-state index contributed by atoms with van der Waals surface area (Å²) in [6, 6.07) is 16.7. The molecular weight excluding hydrogens is 446 g/mol. The Morgan fingerprint density at radius 3 is 2.15 bits per heavy atom. The van der Waals surface area contributed by atoms with Gasteiger partial charge in [0, 0.05) is 31.6 Å². The predicted octanol–water partition coefficient (Wildman–Crippen LogP) is 4.67. The van der Waals surface area contributed by atoms with Gasteiger partial charge in [0.2, 0.25) is 16.0 Å². The van der Waals surface area contributed by atoms with Gasteiger partial charge in [-0.3, -0.25) is 0 Å². The van der Waals surface area contributed by atoms with Crippen LogP contribution in [-0.4, -0.2) is 44.6 Å². The number of aromatic nitrogens is 2. The zero-order chi connectivity index (χ0) is 24.0. The maximum Gasteiger partial charge on any atom is 0.240 e. The molecule has 182 valence electrons. The van der Waals surface area contributed by atoms with Crippen LogP contribution in [0, 0.1) is 11.8 Å². The lowest BCUT2D eigenvalue weighted by Gasteiger charge is -2.29. The normalized spacial score (nSPS) is 18.6. The lowest BCUT2D eigenvalue weighted by molar-refractivity contribution is 0.284. The van der Waals surface area contributed by atoms with E-state index in [1.165, 1.54) is 0 Å². The molecular formula is C26H35N5O2S. The van der Waals surface area contributed by atoms with Gasteiger partial charge in [0.1, 0.15) is 5.82 Å². The molecule has 0 bridgehead atoms. The van der Waals surface area contributed by atoms with E-state index in [-0.39, 0.29) is 0 Å². The van der Waals surface area contributed by atoms with Crippen molar-refractivity contribution >= 4 is 32.7 Å². The van der Waals surface area contributed by atoms with Gasteiger partial charge in [0.15, 0.2) is 0 Å². The van der Waals surface area contributed by atoms with E-state index < -0.39 is 10.0 Å². The fourth-order valence-corrected chi connectivity index (χ4v) is 5.83. The first-order chi connectivity index (χ1) is 16.5. The molecule has 0 amide bonds. The molecule has 3 aromatic rings. The van der Waals surface area contributed by atoms with Crippen LogP contribution in [0.2, 0.25) is 0 Å².